The first-order valence-corrected chi connectivity index (χ1v) is 10.2. The highest BCUT2D eigenvalue weighted by molar-refractivity contribution is 5.94. The van der Waals surface area contributed by atoms with Gasteiger partial charge in [-0.2, -0.15) is 0 Å². The Morgan fingerprint density at radius 3 is 2.89 bits per heavy atom. The number of carbonyl (C=O) groups is 1. The highest BCUT2D eigenvalue weighted by Crippen LogP contribution is 2.40. The normalized spacial score (nSPS) is 21.6. The fourth-order valence-corrected chi connectivity index (χ4v) is 4.11. The van der Waals surface area contributed by atoms with E-state index in [2.05, 4.69) is 38.6 Å². The van der Waals surface area contributed by atoms with E-state index in [0.717, 1.165) is 38.3 Å². The summed E-state index contributed by atoms with van der Waals surface area (Å²) < 4.78 is 8.55. The van der Waals surface area contributed by atoms with Crippen LogP contribution in [-0.2, 0) is 21.7 Å². The molecule has 150 valence electrons. The summed E-state index contributed by atoms with van der Waals surface area (Å²) in [4.78, 5) is 24.0. The van der Waals surface area contributed by atoms with Crippen LogP contribution in [0.2, 0.25) is 0 Å². The minimum absolute atomic E-state index is 0.131. The number of hydrogen-bond acceptors (Lipinski definition) is 5. The third-order valence-electron chi connectivity index (χ3n) is 5.76. The molecule has 2 aromatic rings. The number of rotatable bonds is 5. The van der Waals surface area contributed by atoms with Gasteiger partial charge in [0.1, 0.15) is 11.4 Å². The third kappa shape index (κ3) is 3.95. The lowest BCUT2D eigenvalue weighted by atomic mass is 9.88. The van der Waals surface area contributed by atoms with Crippen molar-refractivity contribution in [2.75, 3.05) is 25.0 Å². The van der Waals surface area contributed by atoms with Crippen molar-refractivity contribution in [1.29, 1.82) is 0 Å². The molecule has 4 rings (SSSR count). The maximum absolute atomic E-state index is 12.9. The lowest BCUT2D eigenvalue weighted by molar-refractivity contribution is -0.169. The van der Waals surface area contributed by atoms with Gasteiger partial charge in [0.05, 0.1) is 18.4 Å². The molecule has 28 heavy (non-hydrogen) atoms. The maximum Gasteiger partial charge on any atom is 0.255 e. The first kappa shape index (κ1) is 19.1. The van der Waals surface area contributed by atoms with E-state index in [4.69, 9.17) is 4.74 Å². The smallest absolute Gasteiger partial charge is 0.255 e. The summed E-state index contributed by atoms with van der Waals surface area (Å²) in [6, 6.07) is 3.64. The number of nitrogens with zero attached hydrogens (tertiary/aromatic N) is 4. The van der Waals surface area contributed by atoms with Crippen molar-refractivity contribution in [3.8, 4) is 0 Å². The minimum atomic E-state index is -0.538. The Morgan fingerprint density at radius 1 is 1.36 bits per heavy atom. The molecule has 1 N–H and O–H groups in total. The fraction of sp³-hybridized carbons (Fsp3) is 0.571. The molecule has 4 heterocycles. The zero-order valence-electron chi connectivity index (χ0n) is 16.7. The molecule has 0 aliphatic carbocycles. The summed E-state index contributed by atoms with van der Waals surface area (Å²) in [6.45, 7) is 8.07. The van der Waals surface area contributed by atoms with Crippen LogP contribution < -0.4 is 5.32 Å². The van der Waals surface area contributed by atoms with Crippen LogP contribution >= 0.6 is 0 Å². The maximum atomic E-state index is 12.9. The summed E-state index contributed by atoms with van der Waals surface area (Å²) in [7, 11) is 0. The largest absolute Gasteiger partial charge is 0.352 e. The van der Waals surface area contributed by atoms with Crippen molar-refractivity contribution < 1.29 is 9.53 Å². The van der Waals surface area contributed by atoms with Gasteiger partial charge in [-0.1, -0.05) is 13.8 Å². The number of fused-ring (bicyclic) bond motifs is 2. The minimum Gasteiger partial charge on any atom is -0.352 e. The van der Waals surface area contributed by atoms with Crippen molar-refractivity contribution in [3.63, 3.8) is 0 Å². The molecule has 1 spiro atoms. The highest BCUT2D eigenvalue weighted by atomic mass is 16.5. The van der Waals surface area contributed by atoms with Crippen LogP contribution in [0.4, 0.5) is 5.69 Å². The van der Waals surface area contributed by atoms with E-state index in [0.29, 0.717) is 18.2 Å². The van der Waals surface area contributed by atoms with Crippen molar-refractivity contribution in [3.05, 3.63) is 42.7 Å². The first-order chi connectivity index (χ1) is 13.6. The Balaban J connectivity index is 1.47. The van der Waals surface area contributed by atoms with Gasteiger partial charge in [-0.25, -0.2) is 4.98 Å². The number of imidazole rings is 1. The molecule has 0 radical (unpaired) electrons. The number of hydrogen-bond donors (Lipinski definition) is 1. The van der Waals surface area contributed by atoms with Gasteiger partial charge >= 0.3 is 0 Å². The summed E-state index contributed by atoms with van der Waals surface area (Å²) in [5.74, 6) is 1.54. The van der Waals surface area contributed by atoms with Crippen LogP contribution in [0.5, 0.6) is 0 Å². The summed E-state index contributed by atoms with van der Waals surface area (Å²) in [6.07, 6.45) is 9.49. The molecule has 0 bridgehead atoms. The van der Waals surface area contributed by atoms with Gasteiger partial charge in [-0.3, -0.25) is 9.78 Å². The van der Waals surface area contributed by atoms with Gasteiger partial charge in [0.15, 0.2) is 6.10 Å². The lowest BCUT2D eigenvalue weighted by Crippen LogP contribution is -2.53. The van der Waals surface area contributed by atoms with Crippen LogP contribution in [0.25, 0.3) is 0 Å². The second-order valence-corrected chi connectivity index (χ2v) is 8.26. The molecule has 2 aliphatic rings. The van der Waals surface area contributed by atoms with Gasteiger partial charge in [0.2, 0.25) is 0 Å². The number of amides is 1. The van der Waals surface area contributed by atoms with Crippen molar-refractivity contribution in [1.82, 2.24) is 19.4 Å². The number of nitrogens with one attached hydrogen (secondary N) is 1. The molecule has 1 fully saturated rings. The van der Waals surface area contributed by atoms with Crippen molar-refractivity contribution >= 4 is 11.6 Å². The lowest BCUT2D eigenvalue weighted by Gasteiger charge is -2.45. The van der Waals surface area contributed by atoms with Crippen molar-refractivity contribution in [2.24, 2.45) is 5.92 Å². The van der Waals surface area contributed by atoms with Gasteiger partial charge < -0.3 is 19.5 Å². The van der Waals surface area contributed by atoms with Gasteiger partial charge in [-0.15, -0.1) is 0 Å². The molecule has 7 heteroatoms. The predicted molar refractivity (Wildman–Crippen MR) is 107 cm³/mol. The number of likely N-dealkylation sites (tertiary alicyclic amines) is 1. The van der Waals surface area contributed by atoms with E-state index in [1.807, 2.05) is 18.5 Å². The topological polar surface area (TPSA) is 72.3 Å². The van der Waals surface area contributed by atoms with E-state index < -0.39 is 11.7 Å². The van der Waals surface area contributed by atoms with E-state index in [1.165, 1.54) is 6.42 Å². The monoisotopic (exact) mass is 383 g/mol. The van der Waals surface area contributed by atoms with Crippen LogP contribution in [0.3, 0.4) is 0 Å². The molecule has 1 atom stereocenters. The van der Waals surface area contributed by atoms with Crippen LogP contribution in [0, 0.1) is 5.92 Å². The number of piperidine rings is 1. The average molecular weight is 383 g/mol. The van der Waals surface area contributed by atoms with E-state index >= 15 is 0 Å². The van der Waals surface area contributed by atoms with Crippen LogP contribution in [0.1, 0.15) is 38.9 Å². The molecule has 2 aliphatic heterocycles. The average Bonchev–Trinajstić information content (AvgIpc) is 3.18. The Kier molecular flexibility index (Phi) is 5.46. The van der Waals surface area contributed by atoms with Gasteiger partial charge in [-0.05, 0) is 43.9 Å². The second kappa shape index (κ2) is 8.01. The Hall–Kier alpha value is -2.25. The number of anilines is 1. The highest BCUT2D eigenvalue weighted by Gasteiger charge is 2.47. The Labute approximate surface area is 166 Å². The number of aromatic nitrogens is 3. The second-order valence-electron chi connectivity index (χ2n) is 8.26. The SMILES string of the molecule is CC(C)CCN1CCC2(CC1)OC(C(=O)Nc1cccnc1)Cn1ccnc12. The Morgan fingerprint density at radius 2 is 2.18 bits per heavy atom. The van der Waals surface area contributed by atoms with E-state index in [-0.39, 0.29) is 5.91 Å². The molecule has 1 amide bonds. The van der Waals surface area contributed by atoms with Crippen LogP contribution in [0.15, 0.2) is 36.9 Å². The summed E-state index contributed by atoms with van der Waals surface area (Å²) in [5, 5.41) is 2.93. The number of carbonyl (C=O) groups excluding carboxylic acids is 1. The molecule has 1 saturated heterocycles. The molecule has 0 saturated carbocycles. The molecular weight excluding hydrogens is 354 g/mol. The quantitative estimate of drug-likeness (QED) is 0.859. The van der Waals surface area contributed by atoms with Crippen molar-refractivity contribution in [2.45, 2.75) is 51.4 Å². The molecular formula is C21H29N5O2. The first-order valence-electron chi connectivity index (χ1n) is 10.2. The molecule has 2 aromatic heterocycles. The number of pyridine rings is 1. The predicted octanol–water partition coefficient (Wildman–Crippen LogP) is 2.65. The van der Waals surface area contributed by atoms with E-state index in [1.54, 1.807) is 18.5 Å². The van der Waals surface area contributed by atoms with E-state index in [9.17, 15) is 4.79 Å². The molecule has 7 nitrogen and oxygen atoms in total. The summed E-state index contributed by atoms with van der Waals surface area (Å²) in [5.41, 5.74) is 0.206. The zero-order chi connectivity index (χ0) is 19.6. The number of ether oxygens (including phenoxy) is 1. The zero-order valence-corrected chi connectivity index (χ0v) is 16.7. The third-order valence-corrected chi connectivity index (χ3v) is 5.76. The fourth-order valence-electron chi connectivity index (χ4n) is 4.11. The molecule has 1 unspecified atom stereocenters. The molecule has 0 aromatic carbocycles. The van der Waals surface area contributed by atoms with Crippen LogP contribution in [-0.4, -0.2) is 51.1 Å². The van der Waals surface area contributed by atoms with Gasteiger partial charge in [0.25, 0.3) is 5.91 Å². The Bertz CT molecular complexity index is 796. The standard InChI is InChI=1S/C21H29N5O2/c1-16(2)5-10-25-11-6-21(7-12-25)20-23-9-13-26(20)15-18(28-21)19(27)24-17-4-3-8-22-14-17/h3-4,8-9,13-14,16,18H,5-7,10-12,15H2,1-2H3,(H,24,27). The summed E-state index contributed by atoms with van der Waals surface area (Å²) >= 11 is 0. The van der Waals surface area contributed by atoms with Gasteiger partial charge in [0, 0.05) is 31.7 Å².